The number of para-hydroxylation sites is 1. The van der Waals surface area contributed by atoms with Crippen LogP contribution in [-0.2, 0) is 17.8 Å². The monoisotopic (exact) mass is 409 g/mol. The van der Waals surface area contributed by atoms with Gasteiger partial charge in [-0.05, 0) is 37.3 Å². The number of ether oxygens (including phenoxy) is 2. The number of furan rings is 1. The lowest BCUT2D eigenvalue weighted by Gasteiger charge is -2.25. The summed E-state index contributed by atoms with van der Waals surface area (Å²) in [7, 11) is 0. The Balaban J connectivity index is 1.39. The minimum Gasteiger partial charge on any atom is -0.486 e. The molecule has 6 heteroatoms. The summed E-state index contributed by atoms with van der Waals surface area (Å²) in [6.07, 6.45) is 0.765. The zero-order valence-electron chi connectivity index (χ0n) is 16.9. The van der Waals surface area contributed by atoms with Crippen molar-refractivity contribution in [3.8, 4) is 22.8 Å². The van der Waals surface area contributed by atoms with Crippen molar-refractivity contribution >= 4 is 5.91 Å². The summed E-state index contributed by atoms with van der Waals surface area (Å²) in [5.41, 5.74) is 1.35. The van der Waals surface area contributed by atoms with E-state index in [9.17, 15) is 9.18 Å². The van der Waals surface area contributed by atoms with Crippen LogP contribution in [0.15, 0.2) is 59.0 Å². The van der Waals surface area contributed by atoms with Gasteiger partial charge >= 0.3 is 0 Å². The number of halogens is 1. The molecular weight excluding hydrogens is 385 g/mol. The zero-order valence-corrected chi connectivity index (χ0v) is 16.9. The van der Waals surface area contributed by atoms with E-state index >= 15 is 0 Å². The normalized spacial score (nSPS) is 12.6. The summed E-state index contributed by atoms with van der Waals surface area (Å²) in [5, 5.41) is 0. The third-order valence-corrected chi connectivity index (χ3v) is 5.13. The fraction of sp³-hybridized carbons (Fsp3) is 0.292. The standard InChI is InChI=1S/C24H24FNO4/c1-2-26(16-17-6-5-9-22-24(17)29-15-14-28-22)23(27)13-11-18-10-12-21(30-18)19-7-3-4-8-20(19)25/h3-10,12H,2,11,13-16H2,1H3. The molecule has 3 aromatic rings. The van der Waals surface area contributed by atoms with Gasteiger partial charge in [0.15, 0.2) is 11.5 Å². The predicted octanol–water partition coefficient (Wildman–Crippen LogP) is 4.84. The molecule has 1 amide bonds. The third kappa shape index (κ3) is 4.32. The molecule has 0 saturated carbocycles. The molecule has 156 valence electrons. The summed E-state index contributed by atoms with van der Waals surface area (Å²) in [6.45, 7) is 4.04. The lowest BCUT2D eigenvalue weighted by Crippen LogP contribution is -2.31. The summed E-state index contributed by atoms with van der Waals surface area (Å²) in [4.78, 5) is 14.6. The molecule has 0 spiro atoms. The number of carbonyl (C=O) groups is 1. The number of amides is 1. The fourth-order valence-corrected chi connectivity index (χ4v) is 3.55. The number of rotatable bonds is 7. The van der Waals surface area contributed by atoms with Crippen LogP contribution in [0.2, 0.25) is 0 Å². The summed E-state index contributed by atoms with van der Waals surface area (Å²) in [5.74, 6) is 2.26. The molecule has 0 unspecified atom stereocenters. The van der Waals surface area contributed by atoms with Gasteiger partial charge in [0, 0.05) is 31.5 Å². The van der Waals surface area contributed by atoms with Gasteiger partial charge in [0.2, 0.25) is 5.91 Å². The van der Waals surface area contributed by atoms with Gasteiger partial charge in [-0.15, -0.1) is 0 Å². The molecule has 1 aliphatic rings. The lowest BCUT2D eigenvalue weighted by atomic mass is 10.1. The Bertz CT molecular complexity index is 1030. The summed E-state index contributed by atoms with van der Waals surface area (Å²) < 4.78 is 31.1. The van der Waals surface area contributed by atoms with E-state index in [0.29, 0.717) is 56.2 Å². The molecule has 0 bridgehead atoms. The van der Waals surface area contributed by atoms with Crippen LogP contribution in [0.4, 0.5) is 4.39 Å². The molecule has 0 atom stereocenters. The maximum absolute atomic E-state index is 13.9. The highest BCUT2D eigenvalue weighted by Gasteiger charge is 2.20. The van der Waals surface area contributed by atoms with Gasteiger partial charge in [-0.25, -0.2) is 4.39 Å². The molecule has 2 aromatic carbocycles. The number of hydrogen-bond acceptors (Lipinski definition) is 4. The topological polar surface area (TPSA) is 51.9 Å². The molecule has 5 nitrogen and oxygen atoms in total. The molecule has 2 heterocycles. The number of carbonyl (C=O) groups excluding carboxylic acids is 1. The van der Waals surface area contributed by atoms with E-state index in [1.807, 2.05) is 25.1 Å². The Morgan fingerprint density at radius 1 is 1.03 bits per heavy atom. The molecule has 0 fully saturated rings. The molecule has 0 aliphatic carbocycles. The average Bonchev–Trinajstić information content (AvgIpc) is 3.25. The summed E-state index contributed by atoms with van der Waals surface area (Å²) in [6, 6.07) is 15.8. The van der Waals surface area contributed by atoms with Crippen molar-refractivity contribution in [3.63, 3.8) is 0 Å². The highest BCUT2D eigenvalue weighted by atomic mass is 19.1. The first-order valence-electron chi connectivity index (χ1n) is 10.1. The lowest BCUT2D eigenvalue weighted by molar-refractivity contribution is -0.131. The molecule has 30 heavy (non-hydrogen) atoms. The second-order valence-electron chi connectivity index (χ2n) is 7.10. The Morgan fingerprint density at radius 2 is 1.87 bits per heavy atom. The minimum absolute atomic E-state index is 0.0238. The Kier molecular flexibility index (Phi) is 6.02. The molecule has 0 saturated heterocycles. The minimum atomic E-state index is -0.330. The molecule has 0 N–H and O–H groups in total. The first-order chi connectivity index (χ1) is 14.7. The van der Waals surface area contributed by atoms with Crippen LogP contribution in [0.5, 0.6) is 11.5 Å². The van der Waals surface area contributed by atoms with E-state index in [1.165, 1.54) is 6.07 Å². The van der Waals surface area contributed by atoms with Crippen LogP contribution in [0, 0.1) is 5.82 Å². The first kappa shape index (κ1) is 20.0. The largest absolute Gasteiger partial charge is 0.486 e. The number of aryl methyl sites for hydroxylation is 1. The first-order valence-corrected chi connectivity index (χ1v) is 10.1. The van der Waals surface area contributed by atoms with Crippen molar-refractivity contribution in [2.75, 3.05) is 19.8 Å². The van der Waals surface area contributed by atoms with E-state index in [-0.39, 0.29) is 11.7 Å². The smallest absolute Gasteiger partial charge is 0.223 e. The van der Waals surface area contributed by atoms with E-state index in [4.69, 9.17) is 13.9 Å². The van der Waals surface area contributed by atoms with Crippen molar-refractivity contribution < 1.29 is 23.1 Å². The van der Waals surface area contributed by atoms with E-state index < -0.39 is 0 Å². The van der Waals surface area contributed by atoms with Crippen LogP contribution < -0.4 is 9.47 Å². The second-order valence-corrected chi connectivity index (χ2v) is 7.10. The van der Waals surface area contributed by atoms with Crippen LogP contribution in [0.3, 0.4) is 0 Å². The maximum atomic E-state index is 13.9. The third-order valence-electron chi connectivity index (χ3n) is 5.13. The molecule has 1 aromatic heterocycles. The molecule has 0 radical (unpaired) electrons. The maximum Gasteiger partial charge on any atom is 0.223 e. The highest BCUT2D eigenvalue weighted by Crippen LogP contribution is 2.34. The van der Waals surface area contributed by atoms with Gasteiger partial charge in [-0.3, -0.25) is 4.79 Å². The Labute approximate surface area is 175 Å². The molecule has 1 aliphatic heterocycles. The highest BCUT2D eigenvalue weighted by molar-refractivity contribution is 5.76. The van der Waals surface area contributed by atoms with Crippen molar-refractivity contribution in [1.82, 2.24) is 4.90 Å². The van der Waals surface area contributed by atoms with Crippen LogP contribution in [0.25, 0.3) is 11.3 Å². The summed E-state index contributed by atoms with van der Waals surface area (Å²) >= 11 is 0. The predicted molar refractivity (Wildman–Crippen MR) is 111 cm³/mol. The van der Waals surface area contributed by atoms with Crippen molar-refractivity contribution in [1.29, 1.82) is 0 Å². The number of benzene rings is 2. The fourth-order valence-electron chi connectivity index (χ4n) is 3.55. The van der Waals surface area contributed by atoms with Crippen LogP contribution >= 0.6 is 0 Å². The Morgan fingerprint density at radius 3 is 2.70 bits per heavy atom. The van der Waals surface area contributed by atoms with Gasteiger partial charge in [-0.1, -0.05) is 24.3 Å². The quantitative estimate of drug-likeness (QED) is 0.560. The van der Waals surface area contributed by atoms with E-state index in [2.05, 4.69) is 0 Å². The van der Waals surface area contributed by atoms with Gasteiger partial charge < -0.3 is 18.8 Å². The van der Waals surface area contributed by atoms with E-state index in [1.54, 1.807) is 35.2 Å². The number of fused-ring (bicyclic) bond motifs is 1. The van der Waals surface area contributed by atoms with Gasteiger partial charge in [0.25, 0.3) is 0 Å². The van der Waals surface area contributed by atoms with E-state index in [0.717, 1.165) is 17.1 Å². The molecule has 4 rings (SSSR count). The Hall–Kier alpha value is -3.28. The SMILES string of the molecule is CCN(Cc1cccc2c1OCCO2)C(=O)CCc1ccc(-c2ccccc2F)o1. The van der Waals surface area contributed by atoms with Crippen LogP contribution in [0.1, 0.15) is 24.7 Å². The van der Waals surface area contributed by atoms with Crippen LogP contribution in [-0.4, -0.2) is 30.6 Å². The van der Waals surface area contributed by atoms with Gasteiger partial charge in [0.05, 0.1) is 5.56 Å². The average molecular weight is 409 g/mol. The number of hydrogen-bond donors (Lipinski definition) is 0. The van der Waals surface area contributed by atoms with Gasteiger partial charge in [0.1, 0.15) is 30.6 Å². The van der Waals surface area contributed by atoms with Crippen molar-refractivity contribution in [2.24, 2.45) is 0 Å². The second kappa shape index (κ2) is 9.03. The van der Waals surface area contributed by atoms with Crippen molar-refractivity contribution in [3.05, 3.63) is 71.7 Å². The number of nitrogens with zero attached hydrogens (tertiary/aromatic N) is 1. The van der Waals surface area contributed by atoms with Crippen molar-refractivity contribution in [2.45, 2.75) is 26.3 Å². The zero-order chi connectivity index (χ0) is 20.9. The molecular formula is C24H24FNO4. The van der Waals surface area contributed by atoms with Gasteiger partial charge in [-0.2, -0.15) is 0 Å².